The topological polar surface area (TPSA) is 30.0 Å². The number of ketones is 1. The SMILES string of the molecule is CCC(CC)CC(=O)c1ccc(Cl)cn1. The Morgan fingerprint density at radius 2 is 2.07 bits per heavy atom. The van der Waals surface area contributed by atoms with E-state index in [1.165, 1.54) is 6.20 Å². The molecule has 1 aromatic rings. The van der Waals surface area contributed by atoms with Crippen LogP contribution in [0.3, 0.4) is 0 Å². The first-order valence-corrected chi connectivity index (χ1v) is 5.69. The van der Waals surface area contributed by atoms with Gasteiger partial charge in [0.2, 0.25) is 0 Å². The number of nitrogens with zero attached hydrogens (tertiary/aromatic N) is 1. The summed E-state index contributed by atoms with van der Waals surface area (Å²) >= 11 is 5.70. The Bertz CT molecular complexity index is 317. The summed E-state index contributed by atoms with van der Waals surface area (Å²) in [7, 11) is 0. The lowest BCUT2D eigenvalue weighted by Gasteiger charge is -2.10. The summed E-state index contributed by atoms with van der Waals surface area (Å²) in [6.07, 6.45) is 4.18. The van der Waals surface area contributed by atoms with Crippen molar-refractivity contribution in [2.45, 2.75) is 33.1 Å². The van der Waals surface area contributed by atoms with E-state index in [1.54, 1.807) is 12.1 Å². The molecule has 0 amide bonds. The fraction of sp³-hybridized carbons (Fsp3) is 0.500. The number of hydrogen-bond acceptors (Lipinski definition) is 2. The zero-order chi connectivity index (χ0) is 11.3. The van der Waals surface area contributed by atoms with E-state index in [4.69, 9.17) is 11.6 Å². The number of rotatable bonds is 5. The molecule has 0 saturated heterocycles. The molecule has 0 saturated carbocycles. The zero-order valence-electron chi connectivity index (χ0n) is 9.16. The third-order valence-electron chi connectivity index (χ3n) is 2.64. The largest absolute Gasteiger partial charge is 0.292 e. The fourth-order valence-corrected chi connectivity index (χ4v) is 1.60. The van der Waals surface area contributed by atoms with Gasteiger partial charge in [0, 0.05) is 12.6 Å². The quantitative estimate of drug-likeness (QED) is 0.715. The van der Waals surface area contributed by atoms with Crippen molar-refractivity contribution in [2.24, 2.45) is 5.92 Å². The summed E-state index contributed by atoms with van der Waals surface area (Å²) in [5.41, 5.74) is 0.520. The Hall–Kier alpha value is -0.890. The van der Waals surface area contributed by atoms with Gasteiger partial charge in [-0.3, -0.25) is 9.78 Å². The van der Waals surface area contributed by atoms with Gasteiger partial charge >= 0.3 is 0 Å². The van der Waals surface area contributed by atoms with Gasteiger partial charge in [0.1, 0.15) is 5.69 Å². The molecule has 15 heavy (non-hydrogen) atoms. The molecule has 0 bridgehead atoms. The highest BCUT2D eigenvalue weighted by Gasteiger charge is 2.12. The van der Waals surface area contributed by atoms with Gasteiger partial charge < -0.3 is 0 Å². The molecule has 0 fully saturated rings. The number of pyridine rings is 1. The van der Waals surface area contributed by atoms with Crippen LogP contribution in [0.15, 0.2) is 18.3 Å². The van der Waals surface area contributed by atoms with Crippen molar-refractivity contribution in [2.75, 3.05) is 0 Å². The van der Waals surface area contributed by atoms with E-state index < -0.39 is 0 Å². The average molecular weight is 226 g/mol. The Morgan fingerprint density at radius 3 is 2.53 bits per heavy atom. The second kappa shape index (κ2) is 5.86. The molecular weight excluding hydrogens is 210 g/mol. The highest BCUT2D eigenvalue weighted by molar-refractivity contribution is 6.30. The van der Waals surface area contributed by atoms with E-state index >= 15 is 0 Å². The lowest BCUT2D eigenvalue weighted by Crippen LogP contribution is -2.08. The summed E-state index contributed by atoms with van der Waals surface area (Å²) in [5.74, 6) is 0.579. The van der Waals surface area contributed by atoms with Crippen molar-refractivity contribution in [1.29, 1.82) is 0 Å². The van der Waals surface area contributed by atoms with Crippen LogP contribution in [0.4, 0.5) is 0 Å². The Kier molecular flexibility index (Phi) is 4.76. The zero-order valence-corrected chi connectivity index (χ0v) is 9.92. The van der Waals surface area contributed by atoms with Crippen LogP contribution in [0.1, 0.15) is 43.6 Å². The van der Waals surface area contributed by atoms with E-state index in [1.807, 2.05) is 0 Å². The number of aromatic nitrogens is 1. The van der Waals surface area contributed by atoms with Gasteiger partial charge in [0.15, 0.2) is 5.78 Å². The van der Waals surface area contributed by atoms with Crippen LogP contribution in [0, 0.1) is 5.92 Å². The molecule has 1 rings (SSSR count). The third kappa shape index (κ3) is 3.63. The van der Waals surface area contributed by atoms with Crippen LogP contribution in [0.2, 0.25) is 5.02 Å². The second-order valence-electron chi connectivity index (χ2n) is 3.67. The summed E-state index contributed by atoms with van der Waals surface area (Å²) < 4.78 is 0. The minimum atomic E-state index is 0.111. The normalized spacial score (nSPS) is 10.7. The highest BCUT2D eigenvalue weighted by Crippen LogP contribution is 2.16. The maximum absolute atomic E-state index is 11.8. The molecule has 0 aromatic carbocycles. The second-order valence-corrected chi connectivity index (χ2v) is 4.11. The van der Waals surface area contributed by atoms with Crippen LogP contribution in [-0.2, 0) is 0 Å². The lowest BCUT2D eigenvalue weighted by atomic mass is 9.96. The Balaban J connectivity index is 2.64. The average Bonchev–Trinajstić information content (AvgIpc) is 2.26. The van der Waals surface area contributed by atoms with Crippen LogP contribution in [0.5, 0.6) is 0 Å². The monoisotopic (exact) mass is 225 g/mol. The Morgan fingerprint density at radius 1 is 1.40 bits per heavy atom. The predicted octanol–water partition coefficient (Wildman–Crippen LogP) is 3.74. The first-order valence-electron chi connectivity index (χ1n) is 5.32. The van der Waals surface area contributed by atoms with E-state index in [0.717, 1.165) is 12.8 Å². The van der Waals surface area contributed by atoms with Crippen molar-refractivity contribution in [1.82, 2.24) is 4.98 Å². The molecule has 0 atom stereocenters. The molecule has 0 N–H and O–H groups in total. The number of carbonyl (C=O) groups excluding carboxylic acids is 1. The van der Waals surface area contributed by atoms with Crippen LogP contribution >= 0.6 is 11.6 Å². The van der Waals surface area contributed by atoms with Crippen LogP contribution in [0.25, 0.3) is 0 Å². The first kappa shape index (κ1) is 12.2. The number of carbonyl (C=O) groups is 1. The molecule has 0 aliphatic carbocycles. The van der Waals surface area contributed by atoms with Gasteiger partial charge in [0.05, 0.1) is 5.02 Å². The Labute approximate surface area is 95.7 Å². The molecule has 2 nitrogen and oxygen atoms in total. The highest BCUT2D eigenvalue weighted by atomic mass is 35.5. The summed E-state index contributed by atoms with van der Waals surface area (Å²) in [6, 6.07) is 3.39. The standard InChI is InChI=1S/C12H16ClNO/c1-3-9(4-2)7-12(15)11-6-5-10(13)8-14-11/h5-6,8-9H,3-4,7H2,1-2H3. The summed E-state index contributed by atoms with van der Waals surface area (Å²) in [5, 5.41) is 0.564. The van der Waals surface area contributed by atoms with E-state index in [2.05, 4.69) is 18.8 Å². The van der Waals surface area contributed by atoms with Crippen molar-refractivity contribution in [3.8, 4) is 0 Å². The maximum atomic E-state index is 11.8. The van der Waals surface area contributed by atoms with Crippen molar-refractivity contribution < 1.29 is 4.79 Å². The molecule has 0 aliphatic heterocycles. The third-order valence-corrected chi connectivity index (χ3v) is 2.87. The summed E-state index contributed by atoms with van der Waals surface area (Å²) in [4.78, 5) is 15.8. The van der Waals surface area contributed by atoms with Crippen LogP contribution in [-0.4, -0.2) is 10.8 Å². The minimum Gasteiger partial charge on any atom is -0.292 e. The molecular formula is C12H16ClNO. The van der Waals surface area contributed by atoms with Gasteiger partial charge in [-0.05, 0) is 18.1 Å². The smallest absolute Gasteiger partial charge is 0.181 e. The number of hydrogen-bond donors (Lipinski definition) is 0. The van der Waals surface area contributed by atoms with Crippen molar-refractivity contribution >= 4 is 17.4 Å². The van der Waals surface area contributed by atoms with Gasteiger partial charge in [0.25, 0.3) is 0 Å². The molecule has 1 aromatic heterocycles. The molecule has 0 radical (unpaired) electrons. The number of halogens is 1. The number of Topliss-reactive ketones (excluding diaryl/α,β-unsaturated/α-hetero) is 1. The van der Waals surface area contributed by atoms with E-state index in [-0.39, 0.29) is 5.78 Å². The molecule has 0 unspecified atom stereocenters. The van der Waals surface area contributed by atoms with Crippen LogP contribution < -0.4 is 0 Å². The fourth-order valence-electron chi connectivity index (χ4n) is 1.48. The lowest BCUT2D eigenvalue weighted by molar-refractivity contribution is 0.0954. The minimum absolute atomic E-state index is 0.111. The molecule has 3 heteroatoms. The molecule has 0 aliphatic rings. The van der Waals surface area contributed by atoms with E-state index in [9.17, 15) is 4.79 Å². The van der Waals surface area contributed by atoms with E-state index in [0.29, 0.717) is 23.1 Å². The van der Waals surface area contributed by atoms with Gasteiger partial charge in [-0.25, -0.2) is 0 Å². The van der Waals surface area contributed by atoms with Crippen molar-refractivity contribution in [3.63, 3.8) is 0 Å². The van der Waals surface area contributed by atoms with Gasteiger partial charge in [-0.2, -0.15) is 0 Å². The molecule has 82 valence electrons. The van der Waals surface area contributed by atoms with Gasteiger partial charge in [-0.1, -0.05) is 38.3 Å². The molecule has 1 heterocycles. The first-order chi connectivity index (χ1) is 7.17. The van der Waals surface area contributed by atoms with Crippen molar-refractivity contribution in [3.05, 3.63) is 29.0 Å². The summed E-state index contributed by atoms with van der Waals surface area (Å²) in [6.45, 7) is 4.22. The van der Waals surface area contributed by atoms with Gasteiger partial charge in [-0.15, -0.1) is 0 Å². The predicted molar refractivity (Wildman–Crippen MR) is 62.3 cm³/mol. The maximum Gasteiger partial charge on any atom is 0.181 e. The molecule has 0 spiro atoms.